The van der Waals surface area contributed by atoms with E-state index in [4.69, 9.17) is 14.3 Å². The first kappa shape index (κ1) is 21.1. The Morgan fingerprint density at radius 2 is 1.55 bits per heavy atom. The minimum absolute atomic E-state index is 0.0190. The van der Waals surface area contributed by atoms with Gasteiger partial charge in [-0.1, -0.05) is 41.5 Å². The zero-order valence-electron chi connectivity index (χ0n) is 15.3. The summed E-state index contributed by atoms with van der Waals surface area (Å²) in [5.74, 6) is -1.37. The van der Waals surface area contributed by atoms with E-state index in [1.54, 1.807) is 0 Å². The van der Waals surface area contributed by atoms with Crippen LogP contribution < -0.4 is 0 Å². The summed E-state index contributed by atoms with van der Waals surface area (Å²) in [7, 11) is -2.13. The Bertz CT molecular complexity index is 390. The monoisotopic (exact) mass is 332 g/mol. The lowest BCUT2D eigenvalue weighted by molar-refractivity contribution is -0.149. The Labute approximate surface area is 135 Å². The fraction of sp³-hybridized carbons (Fsp3) is 0.875. The summed E-state index contributed by atoms with van der Waals surface area (Å²) >= 11 is 0. The molecule has 0 aliphatic carbocycles. The summed E-state index contributed by atoms with van der Waals surface area (Å²) in [6.07, 6.45) is -0.836. The standard InChI is InChI=1S/C16H32O5Si/c1-15(2,3)11-20-14(19)10-12(9-13(17)18)21-22(7,8)16(4,5)6/h12H,9-11H2,1-8H3,(H,17,18)/t12-/m1/s1. The van der Waals surface area contributed by atoms with Crippen molar-refractivity contribution >= 4 is 20.3 Å². The van der Waals surface area contributed by atoms with Gasteiger partial charge in [0.1, 0.15) is 0 Å². The lowest BCUT2D eigenvalue weighted by atomic mass is 9.99. The molecule has 130 valence electrons. The van der Waals surface area contributed by atoms with Gasteiger partial charge in [0.25, 0.3) is 0 Å². The average molecular weight is 333 g/mol. The molecule has 5 nitrogen and oxygen atoms in total. The highest BCUT2D eigenvalue weighted by molar-refractivity contribution is 6.74. The van der Waals surface area contributed by atoms with Gasteiger partial charge >= 0.3 is 11.9 Å². The molecule has 0 saturated heterocycles. The Morgan fingerprint density at radius 1 is 1.05 bits per heavy atom. The molecule has 0 aliphatic rings. The topological polar surface area (TPSA) is 72.8 Å². The molecule has 0 amide bonds. The number of aliphatic carboxylic acids is 1. The highest BCUT2D eigenvalue weighted by atomic mass is 28.4. The number of carbonyl (C=O) groups is 2. The zero-order valence-corrected chi connectivity index (χ0v) is 16.3. The summed E-state index contributed by atoms with van der Waals surface area (Å²) in [6.45, 7) is 16.6. The molecule has 0 radical (unpaired) electrons. The van der Waals surface area contributed by atoms with E-state index >= 15 is 0 Å². The van der Waals surface area contributed by atoms with E-state index < -0.39 is 26.4 Å². The van der Waals surface area contributed by atoms with E-state index in [2.05, 4.69) is 20.8 Å². The maximum absolute atomic E-state index is 11.9. The van der Waals surface area contributed by atoms with Crippen LogP contribution in [0.25, 0.3) is 0 Å². The maximum atomic E-state index is 11.9. The van der Waals surface area contributed by atoms with E-state index in [0.29, 0.717) is 6.61 Å². The van der Waals surface area contributed by atoms with Crippen molar-refractivity contribution in [2.24, 2.45) is 5.41 Å². The fourth-order valence-corrected chi connectivity index (χ4v) is 2.84. The van der Waals surface area contributed by atoms with Gasteiger partial charge in [0, 0.05) is 0 Å². The van der Waals surface area contributed by atoms with Crippen molar-refractivity contribution in [3.63, 3.8) is 0 Å². The highest BCUT2D eigenvalue weighted by Gasteiger charge is 2.40. The molecule has 0 rings (SSSR count). The summed E-state index contributed by atoms with van der Waals surface area (Å²) in [5, 5.41) is 9.00. The average Bonchev–Trinajstić information content (AvgIpc) is 2.22. The fourth-order valence-electron chi connectivity index (χ4n) is 1.49. The van der Waals surface area contributed by atoms with Gasteiger partial charge in [0.2, 0.25) is 0 Å². The summed E-state index contributed by atoms with van der Waals surface area (Å²) in [5.41, 5.74) is -0.113. The minimum atomic E-state index is -2.13. The lowest BCUT2D eigenvalue weighted by Gasteiger charge is -2.38. The Kier molecular flexibility index (Phi) is 7.29. The second-order valence-corrected chi connectivity index (χ2v) is 13.3. The number of esters is 1. The van der Waals surface area contributed by atoms with E-state index in [-0.39, 0.29) is 23.3 Å². The predicted octanol–water partition coefficient (Wildman–Crippen LogP) is 3.83. The van der Waals surface area contributed by atoms with E-state index in [1.807, 2.05) is 33.9 Å². The van der Waals surface area contributed by atoms with Gasteiger partial charge in [-0.3, -0.25) is 9.59 Å². The van der Waals surface area contributed by atoms with Crippen molar-refractivity contribution in [1.29, 1.82) is 0 Å². The van der Waals surface area contributed by atoms with Gasteiger partial charge in [0.15, 0.2) is 8.32 Å². The van der Waals surface area contributed by atoms with Crippen LogP contribution in [-0.4, -0.2) is 38.1 Å². The van der Waals surface area contributed by atoms with Crippen LogP contribution in [0.1, 0.15) is 54.4 Å². The number of carboxylic acid groups (broad SMARTS) is 1. The summed E-state index contributed by atoms with van der Waals surface area (Å²) in [6, 6.07) is 0. The molecule has 0 aromatic carbocycles. The van der Waals surface area contributed by atoms with Gasteiger partial charge in [-0.15, -0.1) is 0 Å². The third-order valence-electron chi connectivity index (χ3n) is 3.73. The first-order valence-corrected chi connectivity index (χ1v) is 10.6. The molecule has 0 bridgehead atoms. The van der Waals surface area contributed by atoms with Crippen LogP contribution in [0.15, 0.2) is 0 Å². The SMILES string of the molecule is CC(C)(C)COC(=O)C[C@@H](CC(=O)O)O[Si](C)(C)C(C)(C)C. The molecule has 0 aromatic rings. The van der Waals surface area contributed by atoms with Crippen molar-refractivity contribution in [3.05, 3.63) is 0 Å². The number of carbonyl (C=O) groups excluding carboxylic acids is 1. The summed E-state index contributed by atoms with van der Waals surface area (Å²) in [4.78, 5) is 23.0. The number of rotatable bonds is 7. The number of hydrogen-bond donors (Lipinski definition) is 1. The molecule has 0 unspecified atom stereocenters. The Balaban J connectivity index is 4.79. The molecular weight excluding hydrogens is 300 g/mol. The van der Waals surface area contributed by atoms with Gasteiger partial charge < -0.3 is 14.3 Å². The molecule has 22 heavy (non-hydrogen) atoms. The van der Waals surface area contributed by atoms with Crippen LogP contribution in [0.2, 0.25) is 18.1 Å². The Hall–Kier alpha value is -0.883. The van der Waals surface area contributed by atoms with Gasteiger partial charge in [-0.05, 0) is 23.5 Å². The molecule has 0 fully saturated rings. The van der Waals surface area contributed by atoms with Crippen LogP contribution in [0.4, 0.5) is 0 Å². The van der Waals surface area contributed by atoms with Crippen LogP contribution in [-0.2, 0) is 18.8 Å². The largest absolute Gasteiger partial charge is 0.481 e. The van der Waals surface area contributed by atoms with E-state index in [1.165, 1.54) is 0 Å². The Morgan fingerprint density at radius 3 is 1.91 bits per heavy atom. The zero-order chi connectivity index (χ0) is 17.8. The molecule has 0 heterocycles. The first-order chi connectivity index (χ1) is 9.64. The predicted molar refractivity (Wildman–Crippen MR) is 89.4 cm³/mol. The molecule has 1 N–H and O–H groups in total. The molecule has 0 spiro atoms. The van der Waals surface area contributed by atoms with Crippen molar-refractivity contribution in [2.45, 2.75) is 78.6 Å². The number of hydrogen-bond acceptors (Lipinski definition) is 4. The first-order valence-electron chi connectivity index (χ1n) is 7.69. The third kappa shape index (κ3) is 8.53. The van der Waals surface area contributed by atoms with Crippen molar-refractivity contribution < 1.29 is 23.9 Å². The molecule has 0 aromatic heterocycles. The normalized spacial score (nSPS) is 14.5. The van der Waals surface area contributed by atoms with E-state index in [0.717, 1.165) is 0 Å². The smallest absolute Gasteiger partial charge is 0.308 e. The van der Waals surface area contributed by atoms with Gasteiger partial charge in [0.05, 0.1) is 25.6 Å². The van der Waals surface area contributed by atoms with Crippen molar-refractivity contribution in [2.75, 3.05) is 6.61 Å². The van der Waals surface area contributed by atoms with Crippen LogP contribution in [0.5, 0.6) is 0 Å². The second-order valence-electron chi connectivity index (χ2n) is 8.52. The highest BCUT2D eigenvalue weighted by Crippen LogP contribution is 2.38. The second kappa shape index (κ2) is 7.59. The molecule has 1 atom stereocenters. The van der Waals surface area contributed by atoms with Gasteiger partial charge in [-0.25, -0.2) is 0 Å². The van der Waals surface area contributed by atoms with Crippen molar-refractivity contribution in [1.82, 2.24) is 0 Å². The number of ether oxygens (including phenoxy) is 1. The van der Waals surface area contributed by atoms with Crippen LogP contribution in [0, 0.1) is 5.41 Å². The van der Waals surface area contributed by atoms with Crippen LogP contribution in [0.3, 0.4) is 0 Å². The van der Waals surface area contributed by atoms with Gasteiger partial charge in [-0.2, -0.15) is 0 Å². The quantitative estimate of drug-likeness (QED) is 0.566. The summed E-state index contributed by atoms with van der Waals surface area (Å²) < 4.78 is 11.3. The van der Waals surface area contributed by atoms with Crippen molar-refractivity contribution in [3.8, 4) is 0 Å². The molecule has 0 saturated carbocycles. The molecular formula is C16H32O5Si. The third-order valence-corrected chi connectivity index (χ3v) is 8.27. The van der Waals surface area contributed by atoms with E-state index in [9.17, 15) is 9.59 Å². The lowest BCUT2D eigenvalue weighted by Crippen LogP contribution is -2.45. The molecule has 0 aliphatic heterocycles. The van der Waals surface area contributed by atoms with Crippen LogP contribution >= 0.6 is 0 Å². The number of carboxylic acids is 1. The maximum Gasteiger partial charge on any atom is 0.308 e. The minimum Gasteiger partial charge on any atom is -0.481 e. The molecule has 6 heteroatoms.